The number of aryl methyl sites for hydroxylation is 1. The fourth-order valence-electron chi connectivity index (χ4n) is 2.98. The Morgan fingerprint density at radius 3 is 2.71 bits per heavy atom. The number of ether oxygens (including phenoxy) is 1. The molecular formula is C22H24FIN4O3. The molecule has 0 aliphatic carbocycles. The summed E-state index contributed by atoms with van der Waals surface area (Å²) >= 11 is 2.04. The van der Waals surface area contributed by atoms with Crippen molar-refractivity contribution < 1.29 is 13.9 Å². The number of carbonyl (C=O) groups excluding carboxylic acids is 1. The van der Waals surface area contributed by atoms with Crippen LogP contribution in [0.3, 0.4) is 0 Å². The second-order valence-electron chi connectivity index (χ2n) is 8.00. The van der Waals surface area contributed by atoms with E-state index in [0.29, 0.717) is 36.0 Å². The molecule has 2 heterocycles. The van der Waals surface area contributed by atoms with Crippen LogP contribution in [0, 0.1) is 9.39 Å². The van der Waals surface area contributed by atoms with E-state index in [1.54, 1.807) is 55.9 Å². The van der Waals surface area contributed by atoms with Gasteiger partial charge in [-0.2, -0.15) is 0 Å². The van der Waals surface area contributed by atoms with E-state index in [0.717, 1.165) is 3.57 Å². The number of pyridine rings is 2. The summed E-state index contributed by atoms with van der Waals surface area (Å²) in [5.74, 6) is -0.409. The molecule has 0 atom stereocenters. The monoisotopic (exact) mass is 538 g/mol. The van der Waals surface area contributed by atoms with Gasteiger partial charge in [-0.05, 0) is 74.0 Å². The second-order valence-corrected chi connectivity index (χ2v) is 9.24. The molecule has 0 spiro atoms. The molecule has 2 N–H and O–H groups in total. The summed E-state index contributed by atoms with van der Waals surface area (Å²) in [6.45, 7) is 6.16. The number of halogens is 2. The molecule has 9 heteroatoms. The molecule has 0 bridgehead atoms. The lowest BCUT2D eigenvalue weighted by Gasteiger charge is -2.19. The molecule has 0 aliphatic rings. The first-order valence-corrected chi connectivity index (χ1v) is 10.9. The number of nitrogens with zero attached hydrogens (tertiary/aromatic N) is 2. The maximum atomic E-state index is 14.3. The fourth-order valence-corrected chi connectivity index (χ4v) is 3.44. The predicted molar refractivity (Wildman–Crippen MR) is 127 cm³/mol. The molecule has 3 aromatic rings. The quantitative estimate of drug-likeness (QED) is 0.348. The zero-order valence-electron chi connectivity index (χ0n) is 17.5. The van der Waals surface area contributed by atoms with Crippen molar-refractivity contribution in [3.05, 3.63) is 62.6 Å². The van der Waals surface area contributed by atoms with E-state index in [4.69, 9.17) is 4.74 Å². The third-order valence-electron chi connectivity index (χ3n) is 4.33. The maximum absolute atomic E-state index is 14.3. The van der Waals surface area contributed by atoms with Gasteiger partial charge in [-0.1, -0.05) is 0 Å². The molecule has 31 heavy (non-hydrogen) atoms. The number of aromatic nitrogens is 2. The molecule has 7 nitrogen and oxygen atoms in total. The van der Waals surface area contributed by atoms with Crippen LogP contribution in [0.4, 0.5) is 20.6 Å². The van der Waals surface area contributed by atoms with Crippen molar-refractivity contribution in [1.29, 1.82) is 0 Å². The number of amides is 1. The normalized spacial score (nSPS) is 11.4. The molecule has 164 valence electrons. The van der Waals surface area contributed by atoms with Crippen LogP contribution in [-0.4, -0.2) is 27.8 Å². The van der Waals surface area contributed by atoms with Crippen molar-refractivity contribution in [3.63, 3.8) is 0 Å². The highest BCUT2D eigenvalue weighted by molar-refractivity contribution is 14.1. The van der Waals surface area contributed by atoms with Gasteiger partial charge in [0, 0.05) is 34.4 Å². The van der Waals surface area contributed by atoms with Crippen molar-refractivity contribution >= 4 is 50.8 Å². The third-order valence-corrected chi connectivity index (χ3v) is 5.00. The summed E-state index contributed by atoms with van der Waals surface area (Å²) < 4.78 is 21.8. The first-order chi connectivity index (χ1) is 14.6. The van der Waals surface area contributed by atoms with Crippen molar-refractivity contribution in [1.82, 2.24) is 14.9 Å². The Hall–Kier alpha value is -2.69. The Bertz CT molecular complexity index is 1160. The Kier molecular flexibility index (Phi) is 7.14. The number of rotatable bonds is 6. The summed E-state index contributed by atoms with van der Waals surface area (Å²) in [7, 11) is 0. The van der Waals surface area contributed by atoms with E-state index in [9.17, 15) is 14.0 Å². The van der Waals surface area contributed by atoms with Gasteiger partial charge >= 0.3 is 6.09 Å². The summed E-state index contributed by atoms with van der Waals surface area (Å²) in [5.41, 5.74) is -0.0756. The molecule has 0 radical (unpaired) electrons. The Labute approximate surface area is 193 Å². The summed E-state index contributed by atoms with van der Waals surface area (Å²) in [6, 6.07) is 6.61. The lowest BCUT2D eigenvalue weighted by Crippen LogP contribution is -2.33. The van der Waals surface area contributed by atoms with Crippen molar-refractivity contribution in [3.8, 4) is 0 Å². The minimum atomic E-state index is -0.562. The summed E-state index contributed by atoms with van der Waals surface area (Å²) in [4.78, 5) is 29.0. The molecule has 0 unspecified atom stereocenters. The number of fused-ring (bicyclic) bond motifs is 1. The van der Waals surface area contributed by atoms with Gasteiger partial charge in [0.05, 0.1) is 23.0 Å². The third kappa shape index (κ3) is 6.16. The van der Waals surface area contributed by atoms with E-state index < -0.39 is 17.5 Å². The van der Waals surface area contributed by atoms with Gasteiger partial charge in [-0.15, -0.1) is 0 Å². The van der Waals surface area contributed by atoms with Crippen molar-refractivity contribution in [2.75, 3.05) is 11.9 Å². The Balaban J connectivity index is 1.76. The average Bonchev–Trinajstić information content (AvgIpc) is 2.67. The molecular weight excluding hydrogens is 514 g/mol. The van der Waals surface area contributed by atoms with Crippen molar-refractivity contribution in [2.45, 2.75) is 39.3 Å². The second kappa shape index (κ2) is 9.63. The number of benzene rings is 1. The van der Waals surface area contributed by atoms with E-state index in [1.807, 2.05) is 22.6 Å². The van der Waals surface area contributed by atoms with Gasteiger partial charge < -0.3 is 19.9 Å². The van der Waals surface area contributed by atoms with E-state index >= 15 is 0 Å². The fraction of sp³-hybridized carbons (Fsp3) is 0.318. The van der Waals surface area contributed by atoms with Crippen LogP contribution in [-0.2, 0) is 11.3 Å². The number of anilines is 2. The van der Waals surface area contributed by atoms with Crippen LogP contribution < -0.4 is 16.2 Å². The van der Waals surface area contributed by atoms with E-state index in [1.165, 1.54) is 12.3 Å². The lowest BCUT2D eigenvalue weighted by molar-refractivity contribution is 0.0526. The van der Waals surface area contributed by atoms with Gasteiger partial charge in [0.25, 0.3) is 5.56 Å². The Morgan fingerprint density at radius 2 is 2.00 bits per heavy atom. The van der Waals surface area contributed by atoms with E-state index in [2.05, 4.69) is 15.6 Å². The molecule has 0 saturated heterocycles. The highest BCUT2D eigenvalue weighted by Crippen LogP contribution is 2.25. The first-order valence-electron chi connectivity index (χ1n) is 9.80. The molecule has 0 fully saturated rings. The number of nitrogens with one attached hydrogen (secondary N) is 2. The van der Waals surface area contributed by atoms with Gasteiger partial charge in [-0.3, -0.25) is 9.78 Å². The lowest BCUT2D eigenvalue weighted by atomic mass is 10.2. The van der Waals surface area contributed by atoms with Crippen LogP contribution in [0.1, 0.15) is 27.2 Å². The highest BCUT2D eigenvalue weighted by atomic mass is 127. The maximum Gasteiger partial charge on any atom is 0.407 e. The van der Waals surface area contributed by atoms with Gasteiger partial charge in [0.15, 0.2) is 0 Å². The number of carbonyl (C=O) groups is 1. The standard InChI is InChI=1S/C22H24FIN4O3/c1-22(2,3)31-21(30)26-8-4-9-28-10-7-14-12-25-13-18(19(14)20(28)29)27-17-6-5-15(24)11-16(17)23/h5-7,10-13,27H,4,8-9H2,1-3H3,(H,26,30). The predicted octanol–water partition coefficient (Wildman–Crippen LogP) is 4.80. The van der Waals surface area contributed by atoms with Gasteiger partial charge in [0.1, 0.15) is 11.4 Å². The molecule has 2 aromatic heterocycles. The number of hydrogen-bond acceptors (Lipinski definition) is 5. The molecule has 0 saturated carbocycles. The highest BCUT2D eigenvalue weighted by Gasteiger charge is 2.15. The zero-order chi connectivity index (χ0) is 22.6. The Morgan fingerprint density at radius 1 is 1.23 bits per heavy atom. The minimum absolute atomic E-state index is 0.217. The van der Waals surface area contributed by atoms with E-state index in [-0.39, 0.29) is 11.2 Å². The number of hydrogen-bond donors (Lipinski definition) is 2. The molecule has 3 rings (SSSR count). The average molecular weight is 538 g/mol. The summed E-state index contributed by atoms with van der Waals surface area (Å²) in [5, 5.41) is 6.75. The van der Waals surface area contributed by atoms with Crippen LogP contribution in [0.15, 0.2) is 47.7 Å². The molecule has 1 aromatic carbocycles. The summed E-state index contributed by atoms with van der Waals surface area (Å²) in [6.07, 6.45) is 4.85. The minimum Gasteiger partial charge on any atom is -0.444 e. The first kappa shape index (κ1) is 23.0. The molecule has 1 amide bonds. The van der Waals surface area contributed by atoms with Crippen LogP contribution >= 0.6 is 22.6 Å². The van der Waals surface area contributed by atoms with Crippen LogP contribution in [0.25, 0.3) is 10.8 Å². The topological polar surface area (TPSA) is 85.2 Å². The molecule has 0 aliphatic heterocycles. The number of alkyl carbamates (subject to hydrolysis) is 1. The zero-order valence-corrected chi connectivity index (χ0v) is 19.7. The van der Waals surface area contributed by atoms with Crippen LogP contribution in [0.5, 0.6) is 0 Å². The van der Waals surface area contributed by atoms with Gasteiger partial charge in [0.2, 0.25) is 0 Å². The SMILES string of the molecule is CC(C)(C)OC(=O)NCCCn1ccc2cncc(Nc3ccc(I)cc3F)c2c1=O. The van der Waals surface area contributed by atoms with Crippen molar-refractivity contribution in [2.24, 2.45) is 0 Å². The largest absolute Gasteiger partial charge is 0.444 e. The van der Waals surface area contributed by atoms with Crippen LogP contribution in [0.2, 0.25) is 0 Å². The smallest absolute Gasteiger partial charge is 0.407 e. The van der Waals surface area contributed by atoms with Gasteiger partial charge in [-0.25, -0.2) is 9.18 Å².